The van der Waals surface area contributed by atoms with Crippen LogP contribution in [-0.2, 0) is 43.3 Å². The number of nitrogens with one attached hydrogen (secondary N) is 1. The minimum atomic E-state index is -3.82. The van der Waals surface area contributed by atoms with Gasteiger partial charge in [-0.05, 0) is 33.3 Å². The number of ether oxygens (including phenoxy) is 2. The summed E-state index contributed by atoms with van der Waals surface area (Å²) >= 11 is 1.31. The molecule has 4 aliphatic rings. The minimum absolute atomic E-state index is 0. The van der Waals surface area contributed by atoms with E-state index in [1.165, 1.54) is 37.4 Å². The van der Waals surface area contributed by atoms with Crippen LogP contribution in [0.15, 0.2) is 30.3 Å². The molecule has 16 heteroatoms. The van der Waals surface area contributed by atoms with E-state index in [4.69, 9.17) is 15.2 Å². The van der Waals surface area contributed by atoms with Crippen LogP contribution >= 0.6 is 24.2 Å². The third-order valence-electron chi connectivity index (χ3n) is 8.17. The Bertz CT molecular complexity index is 1440. The van der Waals surface area contributed by atoms with Gasteiger partial charge in [-0.15, -0.1) is 24.2 Å². The molecule has 4 heterocycles. The third kappa shape index (κ3) is 4.74. The van der Waals surface area contributed by atoms with E-state index >= 15 is 0 Å². The second-order valence-corrected chi connectivity index (χ2v) is 16.0. The number of benzene rings is 1. The van der Waals surface area contributed by atoms with E-state index in [-0.39, 0.29) is 18.8 Å². The largest absolute Gasteiger partial charge is 0.424 e. The Labute approximate surface area is 253 Å². The molecule has 230 valence electrons. The Morgan fingerprint density at radius 2 is 1.60 bits per heavy atom. The SMILES string of the molecule is CC(OC(=O)[C@@H]1N2C(=O)[C@@H](NC(=O)C(N)c3ccccc3)[C@H]2SC1(C)C)OC(=O)[C@@H]1N2C(=O)C[C@H]2S(=O)(=O)C1(C)C.Cl. The number of thioether (sulfide) groups is 1. The van der Waals surface area contributed by atoms with Gasteiger partial charge in [0.2, 0.25) is 24.0 Å². The highest BCUT2D eigenvalue weighted by Gasteiger charge is 2.68. The molecule has 13 nitrogen and oxygen atoms in total. The quantitative estimate of drug-likeness (QED) is 0.235. The summed E-state index contributed by atoms with van der Waals surface area (Å²) in [6.45, 7) is 7.50. The number of fused-ring (bicyclic) bond motifs is 2. The van der Waals surface area contributed by atoms with E-state index in [2.05, 4.69) is 5.32 Å². The lowest BCUT2D eigenvalue weighted by Crippen LogP contribution is -2.71. The maximum absolute atomic E-state index is 13.3. The number of hydrogen-bond donors (Lipinski definition) is 2. The molecule has 0 bridgehead atoms. The van der Waals surface area contributed by atoms with Gasteiger partial charge in [-0.3, -0.25) is 14.4 Å². The van der Waals surface area contributed by atoms with E-state index in [0.717, 1.165) is 4.90 Å². The molecule has 3 N–H and O–H groups in total. The number of carbonyl (C=O) groups excluding carboxylic acids is 5. The number of hydrogen-bond acceptors (Lipinski definition) is 11. The molecule has 1 aromatic rings. The predicted molar refractivity (Wildman–Crippen MR) is 152 cm³/mol. The summed E-state index contributed by atoms with van der Waals surface area (Å²) in [5.74, 6) is -3.33. The molecule has 4 aliphatic heterocycles. The van der Waals surface area contributed by atoms with Crippen molar-refractivity contribution < 1.29 is 41.9 Å². The van der Waals surface area contributed by atoms with Crippen LogP contribution in [0.3, 0.4) is 0 Å². The molecule has 3 amide bonds. The second-order valence-electron chi connectivity index (χ2n) is 11.6. The standard InChI is InChI=1S/C26H32N4O9S2.ClH/c1-12(39-24(35)19-26(4,5)41(36,37)15-11-14(31)29(15)19)38-23(34)18-25(2,3)40-22-17(21(33)30(18)22)28-20(32)16(27)13-9-7-6-8-10-13;/h6-10,12,15-19,22H,11,27H2,1-5H3,(H,28,32);1H/t12?,15-,16?,17-,18+,19+,22-;/m1./s1. The summed E-state index contributed by atoms with van der Waals surface area (Å²) < 4.78 is 33.9. The van der Waals surface area contributed by atoms with Gasteiger partial charge in [0.1, 0.15) is 34.9 Å². The lowest BCUT2D eigenvalue weighted by atomic mass is 9.95. The van der Waals surface area contributed by atoms with E-state index in [9.17, 15) is 32.4 Å². The van der Waals surface area contributed by atoms with Crippen molar-refractivity contribution in [1.29, 1.82) is 0 Å². The summed E-state index contributed by atoms with van der Waals surface area (Å²) in [6, 6.07) is 4.41. The van der Waals surface area contributed by atoms with Crippen molar-refractivity contribution in [3.63, 3.8) is 0 Å². The zero-order chi connectivity index (χ0) is 30.2. The molecule has 7 atom stereocenters. The first-order chi connectivity index (χ1) is 19.0. The average Bonchev–Trinajstić information content (AvgIpc) is 3.22. The predicted octanol–water partition coefficient (Wildman–Crippen LogP) is 0.222. The topological polar surface area (TPSA) is 182 Å². The van der Waals surface area contributed by atoms with Crippen LogP contribution in [0.1, 0.15) is 52.6 Å². The summed E-state index contributed by atoms with van der Waals surface area (Å²) in [4.78, 5) is 66.6. The van der Waals surface area contributed by atoms with Gasteiger partial charge in [-0.25, -0.2) is 18.0 Å². The number of sulfone groups is 1. The molecule has 4 fully saturated rings. The lowest BCUT2D eigenvalue weighted by Gasteiger charge is -2.44. The first-order valence-electron chi connectivity index (χ1n) is 13.1. The second kappa shape index (κ2) is 10.7. The zero-order valence-electron chi connectivity index (χ0n) is 23.5. The highest BCUT2D eigenvalue weighted by atomic mass is 35.5. The van der Waals surface area contributed by atoms with E-state index in [1.54, 1.807) is 44.2 Å². The van der Waals surface area contributed by atoms with Gasteiger partial charge in [0.15, 0.2) is 9.84 Å². The molecule has 1 aromatic carbocycles. The third-order valence-corrected chi connectivity index (χ3v) is 12.5. The lowest BCUT2D eigenvalue weighted by molar-refractivity contribution is -0.196. The molecular formula is C26H33ClN4O9S2. The molecule has 0 aliphatic carbocycles. The van der Waals surface area contributed by atoms with Crippen LogP contribution in [0, 0.1) is 0 Å². The minimum Gasteiger partial charge on any atom is -0.424 e. The van der Waals surface area contributed by atoms with Crippen LogP contribution < -0.4 is 11.1 Å². The van der Waals surface area contributed by atoms with Crippen molar-refractivity contribution in [2.24, 2.45) is 5.73 Å². The summed E-state index contributed by atoms with van der Waals surface area (Å²) in [5, 5.41) is 1.06. The fraction of sp³-hybridized carbons (Fsp3) is 0.577. The highest BCUT2D eigenvalue weighted by Crippen LogP contribution is 2.51. The van der Waals surface area contributed by atoms with Crippen LogP contribution in [0.5, 0.6) is 0 Å². The Hall–Kier alpha value is -2.88. The van der Waals surface area contributed by atoms with Crippen molar-refractivity contribution >= 4 is 63.7 Å². The maximum atomic E-state index is 13.3. The van der Waals surface area contributed by atoms with Gasteiger partial charge < -0.3 is 30.3 Å². The number of carbonyl (C=O) groups is 5. The first-order valence-corrected chi connectivity index (χ1v) is 15.5. The molecule has 42 heavy (non-hydrogen) atoms. The van der Waals surface area contributed by atoms with E-state index in [1.807, 2.05) is 0 Å². The van der Waals surface area contributed by atoms with Gasteiger partial charge in [0.25, 0.3) is 0 Å². The number of nitrogens with two attached hydrogens (primary N) is 1. The van der Waals surface area contributed by atoms with Gasteiger partial charge in [0.05, 0.1) is 11.2 Å². The van der Waals surface area contributed by atoms with Crippen molar-refractivity contribution in [2.75, 3.05) is 0 Å². The number of nitrogens with zero attached hydrogens (tertiary/aromatic N) is 2. The number of rotatable bonds is 7. The Balaban J connectivity index is 0.00000405. The molecule has 0 spiro atoms. The van der Waals surface area contributed by atoms with E-state index in [0.29, 0.717) is 5.56 Å². The molecule has 4 saturated heterocycles. The molecular weight excluding hydrogens is 612 g/mol. The van der Waals surface area contributed by atoms with Crippen LogP contribution in [0.2, 0.25) is 0 Å². The molecule has 5 rings (SSSR count). The maximum Gasteiger partial charge on any atom is 0.333 e. The van der Waals surface area contributed by atoms with Crippen LogP contribution in [0.4, 0.5) is 0 Å². The summed E-state index contributed by atoms with van der Waals surface area (Å²) in [7, 11) is -3.82. The smallest absolute Gasteiger partial charge is 0.333 e. The molecule has 0 radical (unpaired) electrons. The average molecular weight is 645 g/mol. The van der Waals surface area contributed by atoms with Crippen LogP contribution in [-0.4, -0.2) is 92.5 Å². The Morgan fingerprint density at radius 1 is 1.02 bits per heavy atom. The number of halogens is 1. The van der Waals surface area contributed by atoms with Crippen molar-refractivity contribution in [3.8, 4) is 0 Å². The Morgan fingerprint density at radius 3 is 2.17 bits per heavy atom. The number of esters is 2. The van der Waals surface area contributed by atoms with Crippen molar-refractivity contribution in [3.05, 3.63) is 35.9 Å². The fourth-order valence-corrected chi connectivity index (χ4v) is 9.61. The normalized spacial score (nSPS) is 30.9. The Kier molecular flexibility index (Phi) is 8.15. The summed E-state index contributed by atoms with van der Waals surface area (Å²) in [6.07, 6.45) is -1.63. The van der Waals surface area contributed by atoms with Gasteiger partial charge in [-0.1, -0.05) is 30.3 Å². The van der Waals surface area contributed by atoms with Crippen molar-refractivity contribution in [2.45, 2.75) is 91.7 Å². The molecule has 0 aromatic heterocycles. The number of amides is 3. The number of β-lactam (4-membered cyclic amide) rings is 2. The monoisotopic (exact) mass is 644 g/mol. The van der Waals surface area contributed by atoms with Crippen molar-refractivity contribution in [1.82, 2.24) is 15.1 Å². The van der Waals surface area contributed by atoms with E-state index < -0.39 is 90.2 Å². The molecule has 0 saturated carbocycles. The van der Waals surface area contributed by atoms with Crippen LogP contribution in [0.25, 0.3) is 0 Å². The van der Waals surface area contributed by atoms with Gasteiger partial charge >= 0.3 is 11.9 Å². The van der Waals surface area contributed by atoms with Gasteiger partial charge in [0, 0.05) is 11.7 Å². The summed E-state index contributed by atoms with van der Waals surface area (Å²) in [5.41, 5.74) is 6.65. The zero-order valence-corrected chi connectivity index (χ0v) is 26.0. The fourth-order valence-electron chi connectivity index (χ4n) is 5.87. The highest BCUT2D eigenvalue weighted by molar-refractivity contribution is 8.01. The first kappa shape index (κ1) is 32.0. The van der Waals surface area contributed by atoms with Gasteiger partial charge in [-0.2, -0.15) is 0 Å². The molecule has 2 unspecified atom stereocenters.